The molecule has 0 bridgehead atoms. The lowest BCUT2D eigenvalue weighted by atomic mass is 9.98. The molecule has 92 valence electrons. The molecule has 5 nitrogen and oxygen atoms in total. The molecule has 0 saturated carbocycles. The number of rotatable bonds is 1. The number of hydrogen-bond donors (Lipinski definition) is 1. The summed E-state index contributed by atoms with van der Waals surface area (Å²) in [6.07, 6.45) is 1.31. The van der Waals surface area contributed by atoms with Crippen LogP contribution in [-0.2, 0) is 11.2 Å². The molecule has 1 aliphatic heterocycles. The predicted molar refractivity (Wildman–Crippen MR) is 68.1 cm³/mol. The molecule has 0 radical (unpaired) electrons. The largest absolute Gasteiger partial charge is 0.368 e. The first-order chi connectivity index (χ1) is 8.65. The lowest BCUT2D eigenvalue weighted by Gasteiger charge is -2.25. The van der Waals surface area contributed by atoms with Crippen molar-refractivity contribution in [1.82, 2.24) is 5.16 Å². The number of benzene rings is 1. The molecule has 0 fully saturated rings. The van der Waals surface area contributed by atoms with Gasteiger partial charge in [0, 0.05) is 30.8 Å². The molecule has 18 heavy (non-hydrogen) atoms. The molecule has 2 heterocycles. The maximum Gasteiger partial charge on any atom is 0.227 e. The zero-order valence-corrected chi connectivity index (χ0v) is 10.0. The minimum Gasteiger partial charge on any atom is -0.368 e. The van der Waals surface area contributed by atoms with Crippen LogP contribution in [-0.4, -0.2) is 18.1 Å². The lowest BCUT2D eigenvalue weighted by molar-refractivity contribution is -0.118. The summed E-state index contributed by atoms with van der Waals surface area (Å²) in [5.41, 5.74) is 9.30. The van der Waals surface area contributed by atoms with E-state index < -0.39 is 0 Å². The van der Waals surface area contributed by atoms with Gasteiger partial charge in [0.2, 0.25) is 11.8 Å². The molecule has 1 aliphatic rings. The van der Waals surface area contributed by atoms with Crippen LogP contribution in [0.25, 0.3) is 11.3 Å². The van der Waals surface area contributed by atoms with Crippen molar-refractivity contribution in [3.63, 3.8) is 0 Å². The van der Waals surface area contributed by atoms with Crippen molar-refractivity contribution in [3.8, 4) is 11.3 Å². The summed E-state index contributed by atoms with van der Waals surface area (Å²) >= 11 is 0. The average molecular weight is 243 g/mol. The number of fused-ring (bicyclic) bond motifs is 1. The van der Waals surface area contributed by atoms with Crippen molar-refractivity contribution in [1.29, 1.82) is 0 Å². The van der Waals surface area contributed by atoms with Gasteiger partial charge in [0.1, 0.15) is 5.69 Å². The van der Waals surface area contributed by atoms with Crippen LogP contribution in [0.5, 0.6) is 0 Å². The fourth-order valence-electron chi connectivity index (χ4n) is 2.24. The van der Waals surface area contributed by atoms with Crippen molar-refractivity contribution in [2.24, 2.45) is 0 Å². The van der Waals surface area contributed by atoms with Gasteiger partial charge in [-0.05, 0) is 24.1 Å². The van der Waals surface area contributed by atoms with Crippen LogP contribution in [0.3, 0.4) is 0 Å². The van der Waals surface area contributed by atoms with Gasteiger partial charge < -0.3 is 15.2 Å². The highest BCUT2D eigenvalue weighted by Crippen LogP contribution is 2.31. The summed E-state index contributed by atoms with van der Waals surface area (Å²) in [5.74, 6) is 0.455. The molecule has 1 aromatic heterocycles. The Kier molecular flexibility index (Phi) is 2.33. The van der Waals surface area contributed by atoms with Crippen molar-refractivity contribution in [3.05, 3.63) is 29.8 Å². The molecule has 2 aromatic rings. The number of amides is 1. The normalized spacial score (nSPS) is 14.7. The summed E-state index contributed by atoms with van der Waals surface area (Å²) in [6.45, 7) is 0. The fourth-order valence-corrected chi connectivity index (χ4v) is 2.24. The molecule has 1 amide bonds. The first kappa shape index (κ1) is 10.8. The zero-order chi connectivity index (χ0) is 12.7. The Balaban J connectivity index is 2.04. The topological polar surface area (TPSA) is 72.4 Å². The molecule has 2 N–H and O–H groups in total. The number of carbonyl (C=O) groups excluding carboxylic acids is 1. The fraction of sp³-hybridized carbons (Fsp3) is 0.231. The maximum atomic E-state index is 11.6. The molecule has 0 unspecified atom stereocenters. The van der Waals surface area contributed by atoms with Crippen LogP contribution in [0.15, 0.2) is 28.8 Å². The van der Waals surface area contributed by atoms with E-state index in [0.29, 0.717) is 12.3 Å². The van der Waals surface area contributed by atoms with E-state index in [-0.39, 0.29) is 5.91 Å². The number of aromatic nitrogens is 1. The van der Waals surface area contributed by atoms with Crippen LogP contribution >= 0.6 is 0 Å². The molecule has 0 aliphatic carbocycles. The van der Waals surface area contributed by atoms with E-state index in [1.165, 1.54) is 0 Å². The number of anilines is 2. The third-order valence-corrected chi connectivity index (χ3v) is 3.25. The van der Waals surface area contributed by atoms with Gasteiger partial charge in [0.05, 0.1) is 0 Å². The molecule has 5 heteroatoms. The minimum absolute atomic E-state index is 0.154. The highest BCUT2D eigenvalue weighted by Gasteiger charge is 2.21. The molecule has 0 atom stereocenters. The first-order valence-electron chi connectivity index (χ1n) is 5.77. The van der Waals surface area contributed by atoms with Crippen molar-refractivity contribution in [2.45, 2.75) is 12.8 Å². The van der Waals surface area contributed by atoms with E-state index in [4.69, 9.17) is 10.3 Å². The summed E-state index contributed by atoms with van der Waals surface area (Å²) in [6, 6.07) is 7.59. The highest BCUT2D eigenvalue weighted by molar-refractivity contribution is 5.96. The van der Waals surface area contributed by atoms with E-state index in [2.05, 4.69) is 5.16 Å². The number of nitrogens with zero attached hydrogens (tertiary/aromatic N) is 2. The summed E-state index contributed by atoms with van der Waals surface area (Å²) in [7, 11) is 1.80. The third kappa shape index (κ3) is 1.64. The van der Waals surface area contributed by atoms with Crippen LogP contribution in [0.1, 0.15) is 12.0 Å². The molecule has 1 aromatic carbocycles. The van der Waals surface area contributed by atoms with Crippen molar-refractivity contribution in [2.75, 3.05) is 17.7 Å². The molecule has 0 spiro atoms. The minimum atomic E-state index is 0.154. The lowest BCUT2D eigenvalue weighted by Crippen LogP contribution is -2.30. The Labute approximate surface area is 104 Å². The molecular weight excluding hydrogens is 230 g/mol. The SMILES string of the molecule is CN1C(=O)CCc2cc(-c3cc(N)on3)ccc21. The first-order valence-corrected chi connectivity index (χ1v) is 5.77. The van der Waals surface area contributed by atoms with Gasteiger partial charge in [-0.15, -0.1) is 0 Å². The molecule has 3 rings (SSSR count). The number of nitrogen functional groups attached to an aromatic ring is 1. The van der Waals surface area contributed by atoms with Gasteiger partial charge in [-0.25, -0.2) is 0 Å². The zero-order valence-electron chi connectivity index (χ0n) is 10.0. The number of nitrogens with two attached hydrogens (primary N) is 1. The Bertz CT molecular complexity index is 618. The second-order valence-electron chi connectivity index (χ2n) is 4.41. The second kappa shape index (κ2) is 3.87. The van der Waals surface area contributed by atoms with Crippen LogP contribution in [0.4, 0.5) is 11.6 Å². The van der Waals surface area contributed by atoms with Gasteiger partial charge in [-0.3, -0.25) is 4.79 Å². The van der Waals surface area contributed by atoms with E-state index >= 15 is 0 Å². The number of aryl methyl sites for hydroxylation is 1. The van der Waals surface area contributed by atoms with Crippen molar-refractivity contribution < 1.29 is 9.32 Å². The van der Waals surface area contributed by atoms with E-state index in [0.717, 1.165) is 28.9 Å². The van der Waals surface area contributed by atoms with Gasteiger partial charge >= 0.3 is 0 Å². The highest BCUT2D eigenvalue weighted by atomic mass is 16.5. The van der Waals surface area contributed by atoms with E-state index in [9.17, 15) is 4.79 Å². The van der Waals surface area contributed by atoms with Crippen LogP contribution in [0, 0.1) is 0 Å². The quantitative estimate of drug-likeness (QED) is 0.829. The summed E-state index contributed by atoms with van der Waals surface area (Å²) in [4.78, 5) is 13.3. The van der Waals surface area contributed by atoms with Gasteiger partial charge in [-0.1, -0.05) is 11.2 Å². The van der Waals surface area contributed by atoms with Crippen LogP contribution in [0.2, 0.25) is 0 Å². The summed E-state index contributed by atoms with van der Waals surface area (Å²) in [5, 5.41) is 3.89. The monoisotopic (exact) mass is 243 g/mol. The predicted octanol–water partition coefficient (Wildman–Crippen LogP) is 1.83. The Morgan fingerprint density at radius 1 is 1.33 bits per heavy atom. The standard InChI is InChI=1S/C13H13N3O2/c1-16-11-4-2-8(10-7-12(14)18-15-10)6-9(11)3-5-13(16)17/h2,4,6-7H,3,5,14H2,1H3. The van der Waals surface area contributed by atoms with Gasteiger partial charge in [-0.2, -0.15) is 0 Å². The second-order valence-corrected chi connectivity index (χ2v) is 4.41. The van der Waals surface area contributed by atoms with E-state index in [1.807, 2.05) is 18.2 Å². The van der Waals surface area contributed by atoms with Gasteiger partial charge in [0.15, 0.2) is 0 Å². The smallest absolute Gasteiger partial charge is 0.227 e. The number of carbonyl (C=O) groups is 1. The molecular formula is C13H13N3O2. The Morgan fingerprint density at radius 2 is 2.17 bits per heavy atom. The average Bonchev–Trinajstić information content (AvgIpc) is 2.80. The van der Waals surface area contributed by atoms with Crippen LogP contribution < -0.4 is 10.6 Å². The van der Waals surface area contributed by atoms with E-state index in [1.54, 1.807) is 18.0 Å². The third-order valence-electron chi connectivity index (χ3n) is 3.25. The summed E-state index contributed by atoms with van der Waals surface area (Å²) < 4.78 is 4.86. The number of hydrogen-bond acceptors (Lipinski definition) is 4. The Morgan fingerprint density at radius 3 is 2.89 bits per heavy atom. The Hall–Kier alpha value is -2.30. The molecule has 0 saturated heterocycles. The maximum absolute atomic E-state index is 11.6. The van der Waals surface area contributed by atoms with Gasteiger partial charge in [0.25, 0.3) is 0 Å². The van der Waals surface area contributed by atoms with Crippen molar-refractivity contribution >= 4 is 17.5 Å².